The lowest BCUT2D eigenvalue weighted by atomic mass is 9.78. The van der Waals surface area contributed by atoms with E-state index < -0.39 is 11.7 Å². The van der Waals surface area contributed by atoms with Gasteiger partial charge < -0.3 is 11.1 Å². The van der Waals surface area contributed by atoms with Crippen molar-refractivity contribution >= 4 is 5.82 Å². The molecule has 6 heteroatoms. The lowest BCUT2D eigenvalue weighted by molar-refractivity contribution is -0.137. The Hall–Kier alpha value is -1.30. The number of hydrogen-bond donors (Lipinski definition) is 2. The van der Waals surface area contributed by atoms with Gasteiger partial charge in [0.05, 0.1) is 5.56 Å². The van der Waals surface area contributed by atoms with E-state index in [1.807, 2.05) is 0 Å². The molecule has 0 saturated heterocycles. The highest BCUT2D eigenvalue weighted by Crippen LogP contribution is 2.31. The van der Waals surface area contributed by atoms with Gasteiger partial charge in [-0.25, -0.2) is 4.98 Å². The smallest absolute Gasteiger partial charge is 0.368 e. The number of rotatable bonds is 3. The average molecular weight is 245 g/mol. The minimum atomic E-state index is -4.34. The normalized spacial score (nSPS) is 18.6. The van der Waals surface area contributed by atoms with Crippen LogP contribution >= 0.6 is 0 Å². The van der Waals surface area contributed by atoms with Gasteiger partial charge in [-0.15, -0.1) is 0 Å². The van der Waals surface area contributed by atoms with Crippen LogP contribution in [0, 0.1) is 0 Å². The first-order valence-electron chi connectivity index (χ1n) is 5.45. The first-order valence-corrected chi connectivity index (χ1v) is 5.45. The Balaban J connectivity index is 2.01. The van der Waals surface area contributed by atoms with E-state index in [9.17, 15) is 13.2 Å². The molecule has 0 aliphatic heterocycles. The molecular weight excluding hydrogens is 231 g/mol. The van der Waals surface area contributed by atoms with Gasteiger partial charge in [0.25, 0.3) is 0 Å². The van der Waals surface area contributed by atoms with Gasteiger partial charge in [-0.1, -0.05) is 0 Å². The highest BCUT2D eigenvalue weighted by atomic mass is 19.4. The molecule has 17 heavy (non-hydrogen) atoms. The van der Waals surface area contributed by atoms with Gasteiger partial charge in [-0.3, -0.25) is 0 Å². The third kappa shape index (κ3) is 2.88. The second-order valence-electron chi connectivity index (χ2n) is 4.50. The molecule has 2 rings (SSSR count). The van der Waals surface area contributed by atoms with E-state index in [2.05, 4.69) is 10.3 Å². The SMILES string of the molecule is NC1(CNc2cc(C(F)(F)F)ccn2)CCC1. The Morgan fingerprint density at radius 3 is 2.65 bits per heavy atom. The van der Waals surface area contributed by atoms with E-state index in [1.165, 1.54) is 0 Å². The Bertz CT molecular complexity index is 399. The van der Waals surface area contributed by atoms with Crippen LogP contribution in [0.1, 0.15) is 24.8 Å². The van der Waals surface area contributed by atoms with Crippen molar-refractivity contribution in [1.82, 2.24) is 4.98 Å². The third-order valence-corrected chi connectivity index (χ3v) is 3.06. The molecule has 0 bridgehead atoms. The van der Waals surface area contributed by atoms with Gasteiger partial charge in [-0.2, -0.15) is 13.2 Å². The molecular formula is C11H14F3N3. The van der Waals surface area contributed by atoms with Crippen molar-refractivity contribution < 1.29 is 13.2 Å². The van der Waals surface area contributed by atoms with Crippen LogP contribution in [0.3, 0.4) is 0 Å². The predicted octanol–water partition coefficient (Wildman–Crippen LogP) is 2.39. The lowest BCUT2D eigenvalue weighted by Crippen LogP contribution is -2.52. The first kappa shape index (κ1) is 12.2. The fourth-order valence-electron chi connectivity index (χ4n) is 1.78. The van der Waals surface area contributed by atoms with Crippen LogP contribution in [0.15, 0.2) is 18.3 Å². The molecule has 1 aliphatic carbocycles. The molecule has 1 aliphatic rings. The van der Waals surface area contributed by atoms with Gasteiger partial charge in [0.2, 0.25) is 0 Å². The number of nitrogens with zero attached hydrogens (tertiary/aromatic N) is 1. The summed E-state index contributed by atoms with van der Waals surface area (Å²) in [5, 5.41) is 2.86. The minimum absolute atomic E-state index is 0.219. The number of aromatic nitrogens is 1. The summed E-state index contributed by atoms with van der Waals surface area (Å²) >= 11 is 0. The second-order valence-corrected chi connectivity index (χ2v) is 4.50. The van der Waals surface area contributed by atoms with Crippen LogP contribution in [0.5, 0.6) is 0 Å². The molecule has 1 fully saturated rings. The summed E-state index contributed by atoms with van der Waals surface area (Å²) in [4.78, 5) is 3.85. The summed E-state index contributed by atoms with van der Waals surface area (Å²) in [6.45, 7) is 0.460. The number of nitrogens with two attached hydrogens (primary N) is 1. The molecule has 0 atom stereocenters. The average Bonchev–Trinajstić information content (AvgIpc) is 2.23. The highest BCUT2D eigenvalue weighted by Gasteiger charge is 2.33. The van der Waals surface area contributed by atoms with Crippen LogP contribution in [-0.4, -0.2) is 17.1 Å². The maximum absolute atomic E-state index is 12.4. The van der Waals surface area contributed by atoms with E-state index in [1.54, 1.807) is 0 Å². The van der Waals surface area contributed by atoms with Crippen molar-refractivity contribution in [2.45, 2.75) is 31.0 Å². The van der Waals surface area contributed by atoms with Crippen molar-refractivity contribution in [2.75, 3.05) is 11.9 Å². The largest absolute Gasteiger partial charge is 0.416 e. The summed E-state index contributed by atoms with van der Waals surface area (Å²) in [5.74, 6) is 0.219. The molecule has 0 amide bonds. The summed E-state index contributed by atoms with van der Waals surface area (Å²) in [6, 6.07) is 1.95. The molecule has 1 saturated carbocycles. The Labute approximate surface area is 97.2 Å². The van der Waals surface area contributed by atoms with Crippen LogP contribution in [0.25, 0.3) is 0 Å². The predicted molar refractivity (Wildman–Crippen MR) is 58.5 cm³/mol. The maximum atomic E-state index is 12.4. The van der Waals surface area contributed by atoms with E-state index in [0.717, 1.165) is 37.6 Å². The van der Waals surface area contributed by atoms with Gasteiger partial charge in [0, 0.05) is 18.3 Å². The summed E-state index contributed by atoms with van der Waals surface area (Å²) in [7, 11) is 0. The van der Waals surface area contributed by atoms with E-state index in [0.29, 0.717) is 6.54 Å². The van der Waals surface area contributed by atoms with Crippen LogP contribution in [0.2, 0.25) is 0 Å². The van der Waals surface area contributed by atoms with Crippen molar-refractivity contribution in [3.8, 4) is 0 Å². The van der Waals surface area contributed by atoms with Gasteiger partial charge in [0.15, 0.2) is 0 Å². The zero-order valence-electron chi connectivity index (χ0n) is 9.22. The Morgan fingerprint density at radius 2 is 2.12 bits per heavy atom. The van der Waals surface area contributed by atoms with Crippen molar-refractivity contribution in [1.29, 1.82) is 0 Å². The van der Waals surface area contributed by atoms with Crippen molar-refractivity contribution in [2.24, 2.45) is 5.73 Å². The summed E-state index contributed by atoms with van der Waals surface area (Å²) < 4.78 is 37.3. The molecule has 0 radical (unpaired) electrons. The number of hydrogen-bond acceptors (Lipinski definition) is 3. The highest BCUT2D eigenvalue weighted by molar-refractivity contribution is 5.39. The number of nitrogens with one attached hydrogen (secondary N) is 1. The topological polar surface area (TPSA) is 50.9 Å². The zero-order valence-corrected chi connectivity index (χ0v) is 9.22. The summed E-state index contributed by atoms with van der Waals surface area (Å²) in [6.07, 6.45) is -0.308. The minimum Gasteiger partial charge on any atom is -0.368 e. The van der Waals surface area contributed by atoms with E-state index >= 15 is 0 Å². The van der Waals surface area contributed by atoms with Crippen LogP contribution < -0.4 is 11.1 Å². The molecule has 0 unspecified atom stereocenters. The van der Waals surface area contributed by atoms with Gasteiger partial charge in [0.1, 0.15) is 5.82 Å². The Morgan fingerprint density at radius 1 is 1.41 bits per heavy atom. The fraction of sp³-hybridized carbons (Fsp3) is 0.545. The van der Waals surface area contributed by atoms with Crippen molar-refractivity contribution in [3.05, 3.63) is 23.9 Å². The molecule has 1 aromatic rings. The number of alkyl halides is 3. The second kappa shape index (κ2) is 4.18. The van der Waals surface area contributed by atoms with E-state index in [4.69, 9.17) is 5.73 Å². The van der Waals surface area contributed by atoms with Crippen LogP contribution in [-0.2, 0) is 6.18 Å². The zero-order chi connectivity index (χ0) is 12.5. The van der Waals surface area contributed by atoms with Gasteiger partial charge in [-0.05, 0) is 31.4 Å². The van der Waals surface area contributed by atoms with Crippen molar-refractivity contribution in [3.63, 3.8) is 0 Å². The molecule has 3 nitrogen and oxygen atoms in total. The molecule has 1 heterocycles. The standard InChI is InChI=1S/C11H14F3N3/c12-11(13,14)8-2-5-16-9(6-8)17-7-10(15)3-1-4-10/h2,5-6H,1,3-4,7,15H2,(H,16,17). The number of pyridine rings is 1. The van der Waals surface area contributed by atoms with Crippen LogP contribution in [0.4, 0.5) is 19.0 Å². The number of anilines is 1. The first-order chi connectivity index (χ1) is 7.89. The lowest BCUT2D eigenvalue weighted by Gasteiger charge is -2.38. The molecule has 1 aromatic heterocycles. The fourth-order valence-corrected chi connectivity index (χ4v) is 1.78. The monoisotopic (exact) mass is 245 g/mol. The Kier molecular flexibility index (Phi) is 2.99. The van der Waals surface area contributed by atoms with Gasteiger partial charge >= 0.3 is 6.18 Å². The van der Waals surface area contributed by atoms with E-state index in [-0.39, 0.29) is 11.4 Å². The number of halogens is 3. The summed E-state index contributed by atoms with van der Waals surface area (Å²) in [5.41, 5.74) is 4.98. The molecule has 94 valence electrons. The maximum Gasteiger partial charge on any atom is 0.416 e. The third-order valence-electron chi connectivity index (χ3n) is 3.06. The molecule has 0 spiro atoms. The quantitative estimate of drug-likeness (QED) is 0.859. The molecule has 0 aromatic carbocycles. The molecule has 3 N–H and O–H groups in total.